The van der Waals surface area contributed by atoms with Crippen molar-refractivity contribution in [2.45, 2.75) is 38.8 Å². The number of amides is 1. The summed E-state index contributed by atoms with van der Waals surface area (Å²) in [4.78, 5) is 19.0. The fourth-order valence-electron chi connectivity index (χ4n) is 3.46. The number of rotatable bonds is 7. The van der Waals surface area contributed by atoms with Crippen LogP contribution in [-0.2, 0) is 17.9 Å². The molecule has 0 aliphatic heterocycles. The Kier molecular flexibility index (Phi) is 5.64. The van der Waals surface area contributed by atoms with Gasteiger partial charge in [0.1, 0.15) is 11.6 Å². The first-order chi connectivity index (χ1) is 12.2. The molecule has 0 saturated heterocycles. The Morgan fingerprint density at radius 1 is 1.40 bits per heavy atom. The van der Waals surface area contributed by atoms with Crippen molar-refractivity contribution in [3.63, 3.8) is 0 Å². The van der Waals surface area contributed by atoms with Crippen LogP contribution < -0.4 is 0 Å². The maximum absolute atomic E-state index is 13.4. The molecular formula is C20H24FN3O. The van der Waals surface area contributed by atoms with Crippen LogP contribution >= 0.6 is 0 Å². The largest absolute Gasteiger partial charge is 0.331 e. The van der Waals surface area contributed by atoms with Crippen LogP contribution in [0.5, 0.6) is 0 Å². The van der Waals surface area contributed by atoms with Gasteiger partial charge in [-0.05, 0) is 30.5 Å². The molecule has 1 heterocycles. The number of carbonyl (C=O) groups excluding carboxylic acids is 1. The van der Waals surface area contributed by atoms with Gasteiger partial charge in [0.15, 0.2) is 0 Å². The van der Waals surface area contributed by atoms with Crippen LogP contribution in [0.1, 0.15) is 37.1 Å². The highest BCUT2D eigenvalue weighted by atomic mass is 19.1. The Morgan fingerprint density at radius 2 is 2.20 bits per heavy atom. The van der Waals surface area contributed by atoms with Gasteiger partial charge in [-0.25, -0.2) is 9.37 Å². The smallest absolute Gasteiger partial charge is 0.226 e. The van der Waals surface area contributed by atoms with Crippen molar-refractivity contribution in [1.82, 2.24) is 14.5 Å². The summed E-state index contributed by atoms with van der Waals surface area (Å²) in [6.07, 6.45) is 9.56. The van der Waals surface area contributed by atoms with Crippen molar-refractivity contribution in [2.75, 3.05) is 6.54 Å². The van der Waals surface area contributed by atoms with Crippen LogP contribution in [0.15, 0.2) is 49.3 Å². The molecule has 1 fully saturated rings. The summed E-state index contributed by atoms with van der Waals surface area (Å²) in [6.45, 7) is 5.27. The van der Waals surface area contributed by atoms with Crippen LogP contribution in [0.4, 0.5) is 4.39 Å². The molecule has 1 aromatic carbocycles. The number of imidazole rings is 1. The van der Waals surface area contributed by atoms with E-state index in [1.165, 1.54) is 12.1 Å². The summed E-state index contributed by atoms with van der Waals surface area (Å²) in [5, 5.41) is 0. The number of benzene rings is 1. The Balaban J connectivity index is 1.73. The third-order valence-corrected chi connectivity index (χ3v) is 4.74. The van der Waals surface area contributed by atoms with Gasteiger partial charge in [-0.3, -0.25) is 4.79 Å². The van der Waals surface area contributed by atoms with Gasteiger partial charge in [-0.2, -0.15) is 0 Å². The number of hydrogen-bond donors (Lipinski definition) is 0. The number of aromatic nitrogens is 2. The number of nitrogens with zero attached hydrogens (tertiary/aromatic N) is 3. The SMILES string of the molecule is C=CCN(Cc1nccn1Cc1cccc(F)c1)C(=O)C1CCCC1. The highest BCUT2D eigenvalue weighted by Crippen LogP contribution is 2.27. The summed E-state index contributed by atoms with van der Waals surface area (Å²) >= 11 is 0. The van der Waals surface area contributed by atoms with E-state index in [2.05, 4.69) is 11.6 Å². The summed E-state index contributed by atoms with van der Waals surface area (Å²) < 4.78 is 15.4. The second-order valence-electron chi connectivity index (χ2n) is 6.59. The molecule has 0 atom stereocenters. The van der Waals surface area contributed by atoms with E-state index in [9.17, 15) is 9.18 Å². The average molecular weight is 341 g/mol. The normalized spacial score (nSPS) is 14.6. The second-order valence-corrected chi connectivity index (χ2v) is 6.59. The molecule has 2 aromatic rings. The topological polar surface area (TPSA) is 38.1 Å². The first-order valence-electron chi connectivity index (χ1n) is 8.81. The van der Waals surface area contributed by atoms with Gasteiger partial charge >= 0.3 is 0 Å². The molecule has 4 nitrogen and oxygen atoms in total. The zero-order chi connectivity index (χ0) is 17.6. The van der Waals surface area contributed by atoms with Crippen molar-refractivity contribution in [3.8, 4) is 0 Å². The Bertz CT molecular complexity index is 734. The summed E-state index contributed by atoms with van der Waals surface area (Å²) in [5.41, 5.74) is 0.872. The van der Waals surface area contributed by atoms with Crippen LogP contribution in [0.3, 0.4) is 0 Å². The van der Waals surface area contributed by atoms with E-state index in [-0.39, 0.29) is 17.6 Å². The second kappa shape index (κ2) is 8.10. The van der Waals surface area contributed by atoms with Gasteiger partial charge in [0.25, 0.3) is 0 Å². The van der Waals surface area contributed by atoms with E-state index in [0.29, 0.717) is 19.6 Å². The predicted octanol–water partition coefficient (Wildman–Crippen LogP) is 3.78. The molecular weight excluding hydrogens is 317 g/mol. The average Bonchev–Trinajstić information content (AvgIpc) is 3.26. The number of carbonyl (C=O) groups is 1. The molecule has 1 saturated carbocycles. The molecule has 132 valence electrons. The van der Waals surface area contributed by atoms with E-state index in [4.69, 9.17) is 0 Å². The van der Waals surface area contributed by atoms with Crippen LogP contribution in [0.2, 0.25) is 0 Å². The fourth-order valence-corrected chi connectivity index (χ4v) is 3.46. The van der Waals surface area contributed by atoms with Gasteiger partial charge in [-0.15, -0.1) is 6.58 Å². The summed E-state index contributed by atoms with van der Waals surface area (Å²) in [5.74, 6) is 0.880. The molecule has 1 aliphatic rings. The zero-order valence-corrected chi connectivity index (χ0v) is 14.4. The van der Waals surface area contributed by atoms with Gasteiger partial charge in [-0.1, -0.05) is 31.1 Å². The molecule has 0 radical (unpaired) electrons. The minimum Gasteiger partial charge on any atom is -0.331 e. The first kappa shape index (κ1) is 17.4. The predicted molar refractivity (Wildman–Crippen MR) is 95.3 cm³/mol. The molecule has 0 bridgehead atoms. The molecule has 0 unspecified atom stereocenters. The van der Waals surface area contributed by atoms with E-state index in [1.54, 1.807) is 18.3 Å². The first-order valence-corrected chi connectivity index (χ1v) is 8.81. The number of hydrogen-bond acceptors (Lipinski definition) is 2. The maximum atomic E-state index is 13.4. The van der Waals surface area contributed by atoms with Gasteiger partial charge in [0.05, 0.1) is 6.54 Å². The van der Waals surface area contributed by atoms with E-state index in [0.717, 1.165) is 37.1 Å². The molecule has 5 heteroatoms. The van der Waals surface area contributed by atoms with Crippen molar-refractivity contribution < 1.29 is 9.18 Å². The lowest BCUT2D eigenvalue weighted by Gasteiger charge is -2.24. The Morgan fingerprint density at radius 3 is 2.92 bits per heavy atom. The van der Waals surface area contributed by atoms with Crippen molar-refractivity contribution in [2.24, 2.45) is 5.92 Å². The molecule has 25 heavy (non-hydrogen) atoms. The van der Waals surface area contributed by atoms with Crippen LogP contribution in [-0.4, -0.2) is 26.9 Å². The van der Waals surface area contributed by atoms with Crippen molar-refractivity contribution >= 4 is 5.91 Å². The minimum absolute atomic E-state index is 0.131. The van der Waals surface area contributed by atoms with Crippen molar-refractivity contribution in [3.05, 3.63) is 66.5 Å². The molecule has 1 aliphatic carbocycles. The van der Waals surface area contributed by atoms with E-state index in [1.807, 2.05) is 21.7 Å². The summed E-state index contributed by atoms with van der Waals surface area (Å²) in [7, 11) is 0. The maximum Gasteiger partial charge on any atom is 0.226 e. The molecule has 0 N–H and O–H groups in total. The molecule has 1 aromatic heterocycles. The monoisotopic (exact) mass is 341 g/mol. The molecule has 1 amide bonds. The van der Waals surface area contributed by atoms with Gasteiger partial charge < -0.3 is 9.47 Å². The lowest BCUT2D eigenvalue weighted by Crippen LogP contribution is -2.35. The summed E-state index contributed by atoms with van der Waals surface area (Å²) in [6, 6.07) is 6.55. The number of halogens is 1. The highest BCUT2D eigenvalue weighted by molar-refractivity contribution is 5.79. The Labute approximate surface area is 148 Å². The lowest BCUT2D eigenvalue weighted by atomic mass is 10.1. The van der Waals surface area contributed by atoms with Crippen LogP contribution in [0.25, 0.3) is 0 Å². The zero-order valence-electron chi connectivity index (χ0n) is 14.4. The standard InChI is InChI=1S/C20H24FN3O/c1-2-11-24(20(25)17-7-3-4-8-17)15-19-22-10-12-23(19)14-16-6-5-9-18(21)13-16/h2,5-6,9-10,12-13,17H,1,3-4,7-8,11,14-15H2. The molecule has 0 spiro atoms. The third kappa shape index (κ3) is 4.35. The fraction of sp³-hybridized carbons (Fsp3) is 0.400. The van der Waals surface area contributed by atoms with Crippen molar-refractivity contribution in [1.29, 1.82) is 0 Å². The van der Waals surface area contributed by atoms with Gasteiger partial charge in [0.2, 0.25) is 5.91 Å². The van der Waals surface area contributed by atoms with E-state index < -0.39 is 0 Å². The quantitative estimate of drug-likeness (QED) is 0.719. The molecule has 3 rings (SSSR count). The Hall–Kier alpha value is -2.43. The minimum atomic E-state index is -0.246. The van der Waals surface area contributed by atoms with Crippen LogP contribution in [0, 0.1) is 11.7 Å². The highest BCUT2D eigenvalue weighted by Gasteiger charge is 2.27. The lowest BCUT2D eigenvalue weighted by molar-refractivity contribution is -0.135. The third-order valence-electron chi connectivity index (χ3n) is 4.74. The van der Waals surface area contributed by atoms with E-state index >= 15 is 0 Å². The van der Waals surface area contributed by atoms with Gasteiger partial charge in [0, 0.05) is 31.4 Å².